The Morgan fingerprint density at radius 2 is 1.57 bits per heavy atom. The van der Waals surface area contributed by atoms with Crippen LogP contribution in [0.1, 0.15) is 13.3 Å². The highest BCUT2D eigenvalue weighted by molar-refractivity contribution is 5.91. The van der Waals surface area contributed by atoms with E-state index in [1.165, 1.54) is 0 Å². The monoisotopic (exact) mass is 350 g/mol. The average Bonchev–Trinajstić information content (AvgIpc) is 2.35. The molecule has 130 valence electrons. The largest absolute Gasteiger partial charge is 0.480 e. The molecule has 0 heterocycles. The molecule has 0 fully saturated rings. The van der Waals surface area contributed by atoms with E-state index < -0.39 is 52.9 Å². The zero-order chi connectivity index (χ0) is 18.4. The van der Waals surface area contributed by atoms with E-state index in [0.717, 1.165) is 6.92 Å². The van der Waals surface area contributed by atoms with Gasteiger partial charge in [0.1, 0.15) is 0 Å². The molecule has 0 amide bonds. The van der Waals surface area contributed by atoms with Gasteiger partial charge < -0.3 is 10.2 Å². The fourth-order valence-corrected chi connectivity index (χ4v) is 2.18. The van der Waals surface area contributed by atoms with Gasteiger partial charge in [-0.3, -0.25) is 4.79 Å². The lowest BCUT2D eigenvalue weighted by molar-refractivity contribution is -0.372. The van der Waals surface area contributed by atoms with Gasteiger partial charge in [-0.25, -0.2) is 4.79 Å². The van der Waals surface area contributed by atoms with Crippen LogP contribution in [0.5, 0.6) is 0 Å². The highest BCUT2D eigenvalue weighted by atomic mass is 19.4. The van der Waals surface area contributed by atoms with Crippen LogP contribution in [-0.4, -0.2) is 40.2 Å². The Kier molecular flexibility index (Phi) is 4.32. The Morgan fingerprint density at radius 3 is 1.91 bits per heavy atom. The first-order valence-electron chi connectivity index (χ1n) is 5.79. The van der Waals surface area contributed by atoms with E-state index in [1.807, 2.05) is 0 Å². The molecule has 1 unspecified atom stereocenters. The normalized spacial score (nSPS) is 23.1. The van der Waals surface area contributed by atoms with Crippen molar-refractivity contribution >= 4 is 11.9 Å². The van der Waals surface area contributed by atoms with Crippen LogP contribution < -0.4 is 0 Å². The first kappa shape index (κ1) is 19.0. The molecule has 0 radical (unpaired) electrons. The van der Waals surface area contributed by atoms with Crippen LogP contribution in [0.4, 0.5) is 30.7 Å². The Labute approximate surface area is 123 Å². The third-order valence-corrected chi connectivity index (χ3v) is 3.31. The second-order valence-electron chi connectivity index (χ2n) is 4.96. The minimum Gasteiger partial charge on any atom is -0.480 e. The molecule has 0 aromatic rings. The number of carbonyl (C=O) groups is 2. The number of hydrogen-bond donors (Lipinski definition) is 2. The molecule has 0 saturated carbocycles. The van der Waals surface area contributed by atoms with Gasteiger partial charge >= 0.3 is 30.0 Å². The van der Waals surface area contributed by atoms with E-state index in [9.17, 15) is 40.3 Å². The molecule has 4 nitrogen and oxygen atoms in total. The van der Waals surface area contributed by atoms with Gasteiger partial charge in [0.15, 0.2) is 5.41 Å². The first-order valence-corrected chi connectivity index (χ1v) is 5.79. The third kappa shape index (κ3) is 2.68. The minimum absolute atomic E-state index is 0.0153. The van der Waals surface area contributed by atoms with Crippen LogP contribution in [0, 0.1) is 5.41 Å². The minimum atomic E-state index is -6.73. The fourth-order valence-electron chi connectivity index (χ4n) is 2.18. The van der Waals surface area contributed by atoms with Crippen LogP contribution in [-0.2, 0) is 9.59 Å². The summed E-state index contributed by atoms with van der Waals surface area (Å²) in [5, 5.41) is 17.7. The molecule has 1 atom stereocenters. The Hall–Kier alpha value is -2.07. The molecule has 0 aromatic carbocycles. The summed E-state index contributed by atoms with van der Waals surface area (Å²) in [6.45, 7) is 0.904. The summed E-state index contributed by atoms with van der Waals surface area (Å²) in [5.41, 5.74) is -5.57. The van der Waals surface area contributed by atoms with Crippen molar-refractivity contribution in [3.8, 4) is 0 Å². The standard InChI is InChI=1S/C12H9F7O4/c1-5-2-6(7(20)21)4-9(3-5,8(22)23)10(13,14)11(15,16)12(17,18)19/h2-3H,4H2,1H3,(H,20,21)(H,22,23). The number of aliphatic carboxylic acids is 2. The molecular weight excluding hydrogens is 341 g/mol. The van der Waals surface area contributed by atoms with Crippen LogP contribution >= 0.6 is 0 Å². The van der Waals surface area contributed by atoms with Crippen LogP contribution in [0.3, 0.4) is 0 Å². The van der Waals surface area contributed by atoms with E-state index in [-0.39, 0.29) is 6.08 Å². The fraction of sp³-hybridized carbons (Fsp3) is 0.500. The highest BCUT2D eigenvalue weighted by Crippen LogP contribution is 2.58. The SMILES string of the molecule is CC1=CC(C(=O)O)(C(F)(F)C(F)(F)C(F)(F)F)CC(C(=O)O)=C1. The lowest BCUT2D eigenvalue weighted by Gasteiger charge is -2.40. The molecule has 0 bridgehead atoms. The van der Waals surface area contributed by atoms with Crippen molar-refractivity contribution < 1.29 is 50.5 Å². The van der Waals surface area contributed by atoms with Gasteiger partial charge in [-0.2, -0.15) is 30.7 Å². The topological polar surface area (TPSA) is 74.6 Å². The van der Waals surface area contributed by atoms with Crippen molar-refractivity contribution in [2.45, 2.75) is 31.4 Å². The lowest BCUT2D eigenvalue weighted by Crippen LogP contribution is -2.63. The molecule has 1 aliphatic carbocycles. The molecule has 0 aliphatic heterocycles. The summed E-state index contributed by atoms with van der Waals surface area (Å²) in [7, 11) is 0. The number of carboxylic acids is 2. The van der Waals surface area contributed by atoms with E-state index >= 15 is 0 Å². The van der Waals surface area contributed by atoms with Gasteiger partial charge in [-0.15, -0.1) is 0 Å². The number of halogens is 7. The maximum Gasteiger partial charge on any atom is 0.459 e. The van der Waals surface area contributed by atoms with Gasteiger partial charge in [0, 0.05) is 12.0 Å². The summed E-state index contributed by atoms with van der Waals surface area (Å²) >= 11 is 0. The van der Waals surface area contributed by atoms with E-state index in [4.69, 9.17) is 10.2 Å². The Bertz CT molecular complexity index is 603. The zero-order valence-electron chi connectivity index (χ0n) is 11.2. The van der Waals surface area contributed by atoms with Gasteiger partial charge in [-0.05, 0) is 13.0 Å². The molecule has 0 aromatic heterocycles. The number of carboxylic acid groups (broad SMARTS) is 2. The second kappa shape index (κ2) is 5.24. The number of hydrogen-bond acceptors (Lipinski definition) is 2. The van der Waals surface area contributed by atoms with E-state index in [1.54, 1.807) is 0 Å². The molecule has 2 N–H and O–H groups in total. The van der Waals surface area contributed by atoms with Crippen LogP contribution in [0.2, 0.25) is 0 Å². The number of allylic oxidation sites excluding steroid dienone is 2. The smallest absolute Gasteiger partial charge is 0.459 e. The summed E-state index contributed by atoms with van der Waals surface area (Å²) in [5.74, 6) is -17.4. The highest BCUT2D eigenvalue weighted by Gasteiger charge is 2.81. The van der Waals surface area contributed by atoms with Crippen molar-refractivity contribution in [3.63, 3.8) is 0 Å². The summed E-state index contributed by atoms with van der Waals surface area (Å²) < 4.78 is 91.3. The Balaban J connectivity index is 3.64. The number of rotatable bonds is 4. The molecule has 0 spiro atoms. The third-order valence-electron chi connectivity index (χ3n) is 3.31. The first-order chi connectivity index (χ1) is 10.1. The molecule has 0 saturated heterocycles. The van der Waals surface area contributed by atoms with Gasteiger partial charge in [0.25, 0.3) is 0 Å². The van der Waals surface area contributed by atoms with E-state index in [2.05, 4.69) is 0 Å². The lowest BCUT2D eigenvalue weighted by atomic mass is 9.69. The number of alkyl halides is 7. The molecular formula is C12H9F7O4. The van der Waals surface area contributed by atoms with Gasteiger partial charge in [-0.1, -0.05) is 11.6 Å². The van der Waals surface area contributed by atoms with Crippen molar-refractivity contribution in [3.05, 3.63) is 23.3 Å². The zero-order valence-corrected chi connectivity index (χ0v) is 11.2. The maximum absolute atomic E-state index is 14.0. The van der Waals surface area contributed by atoms with Crippen molar-refractivity contribution in [2.75, 3.05) is 0 Å². The predicted molar refractivity (Wildman–Crippen MR) is 60.1 cm³/mol. The van der Waals surface area contributed by atoms with Crippen molar-refractivity contribution in [1.29, 1.82) is 0 Å². The van der Waals surface area contributed by atoms with Crippen molar-refractivity contribution in [2.24, 2.45) is 5.41 Å². The summed E-state index contributed by atoms with van der Waals surface area (Å²) in [4.78, 5) is 22.0. The molecule has 11 heteroatoms. The van der Waals surface area contributed by atoms with Gasteiger partial charge in [0.2, 0.25) is 0 Å². The quantitative estimate of drug-likeness (QED) is 0.764. The maximum atomic E-state index is 14.0. The van der Waals surface area contributed by atoms with Crippen molar-refractivity contribution in [1.82, 2.24) is 0 Å². The summed E-state index contributed by atoms with van der Waals surface area (Å²) in [6, 6.07) is 0. The second-order valence-corrected chi connectivity index (χ2v) is 4.96. The van der Waals surface area contributed by atoms with Crippen LogP contribution in [0.15, 0.2) is 23.3 Å². The predicted octanol–water partition coefficient (Wildman–Crippen LogP) is 3.25. The molecule has 23 heavy (non-hydrogen) atoms. The van der Waals surface area contributed by atoms with E-state index in [0.29, 0.717) is 6.08 Å². The summed E-state index contributed by atoms with van der Waals surface area (Å²) in [6.07, 6.45) is -7.73. The van der Waals surface area contributed by atoms with Gasteiger partial charge in [0.05, 0.1) is 0 Å². The molecule has 1 aliphatic rings. The Morgan fingerprint density at radius 1 is 1.09 bits per heavy atom. The molecule has 1 rings (SSSR count). The van der Waals surface area contributed by atoms with Crippen LogP contribution in [0.25, 0.3) is 0 Å². The average molecular weight is 350 g/mol.